The van der Waals surface area contributed by atoms with Gasteiger partial charge in [0.2, 0.25) is 0 Å². The molecule has 1 atom stereocenters. The van der Waals surface area contributed by atoms with E-state index in [1.807, 2.05) is 0 Å². The summed E-state index contributed by atoms with van der Waals surface area (Å²) >= 11 is 0. The Balaban J connectivity index is 2.41. The lowest BCUT2D eigenvalue weighted by molar-refractivity contribution is -0.117. The van der Waals surface area contributed by atoms with Crippen LogP contribution in [0, 0.1) is 12.3 Å². The van der Waals surface area contributed by atoms with Crippen molar-refractivity contribution in [1.82, 2.24) is 4.90 Å². The molecule has 0 aromatic carbocycles. The van der Waals surface area contributed by atoms with Crippen molar-refractivity contribution in [3.05, 3.63) is 0 Å². The van der Waals surface area contributed by atoms with Gasteiger partial charge in [0.15, 0.2) is 0 Å². The van der Waals surface area contributed by atoms with E-state index in [-0.39, 0.29) is 5.78 Å². The Morgan fingerprint density at radius 3 is 3.08 bits per heavy atom. The molecule has 1 fully saturated rings. The van der Waals surface area contributed by atoms with Crippen LogP contribution >= 0.6 is 0 Å². The molecule has 1 saturated heterocycles. The van der Waals surface area contributed by atoms with Crippen molar-refractivity contribution in [1.29, 1.82) is 0 Å². The van der Waals surface area contributed by atoms with Crippen molar-refractivity contribution in [2.45, 2.75) is 32.2 Å². The second-order valence-corrected chi connectivity index (χ2v) is 3.38. The maximum absolute atomic E-state index is 10.9. The van der Waals surface area contributed by atoms with Crippen molar-refractivity contribution in [3.8, 4) is 12.3 Å². The van der Waals surface area contributed by atoms with Gasteiger partial charge in [-0.15, -0.1) is 6.42 Å². The van der Waals surface area contributed by atoms with E-state index in [1.54, 1.807) is 6.92 Å². The van der Waals surface area contributed by atoms with E-state index in [0.29, 0.717) is 19.0 Å². The van der Waals surface area contributed by atoms with Crippen molar-refractivity contribution >= 4 is 5.78 Å². The molecule has 1 unspecified atom stereocenters. The molecule has 0 N–H and O–H groups in total. The Bertz CT molecular complexity index is 204. The first-order valence-electron chi connectivity index (χ1n) is 4.41. The SMILES string of the molecule is C#CCN1CCCC1CC(C)=O. The van der Waals surface area contributed by atoms with Crippen LogP contribution in [0.1, 0.15) is 26.2 Å². The van der Waals surface area contributed by atoms with E-state index >= 15 is 0 Å². The van der Waals surface area contributed by atoms with Crippen LogP contribution in [-0.4, -0.2) is 29.8 Å². The Hall–Kier alpha value is -0.810. The zero-order valence-corrected chi connectivity index (χ0v) is 7.55. The average Bonchev–Trinajstić information content (AvgIpc) is 2.37. The molecule has 66 valence electrons. The van der Waals surface area contributed by atoms with E-state index in [1.165, 1.54) is 6.42 Å². The number of carbonyl (C=O) groups is 1. The highest BCUT2D eigenvalue weighted by molar-refractivity contribution is 5.76. The van der Waals surface area contributed by atoms with Crippen molar-refractivity contribution in [2.75, 3.05) is 13.1 Å². The number of nitrogens with zero attached hydrogens (tertiary/aromatic N) is 1. The van der Waals surface area contributed by atoms with Gasteiger partial charge in [0.05, 0.1) is 6.54 Å². The normalized spacial score (nSPS) is 23.8. The molecule has 0 bridgehead atoms. The van der Waals surface area contributed by atoms with Gasteiger partial charge in [0.1, 0.15) is 5.78 Å². The van der Waals surface area contributed by atoms with Crippen LogP contribution in [0.15, 0.2) is 0 Å². The van der Waals surface area contributed by atoms with Gasteiger partial charge in [-0.05, 0) is 26.3 Å². The van der Waals surface area contributed by atoms with Crippen LogP contribution in [0.25, 0.3) is 0 Å². The van der Waals surface area contributed by atoms with Crippen LogP contribution < -0.4 is 0 Å². The second-order valence-electron chi connectivity index (χ2n) is 3.38. The fourth-order valence-corrected chi connectivity index (χ4v) is 1.78. The minimum absolute atomic E-state index is 0.268. The zero-order valence-electron chi connectivity index (χ0n) is 7.55. The first kappa shape index (κ1) is 9.28. The molecule has 0 aromatic heterocycles. The molecule has 1 rings (SSSR count). The lowest BCUT2D eigenvalue weighted by Crippen LogP contribution is -2.31. The van der Waals surface area contributed by atoms with Crippen molar-refractivity contribution in [3.63, 3.8) is 0 Å². The van der Waals surface area contributed by atoms with E-state index in [2.05, 4.69) is 10.8 Å². The second kappa shape index (κ2) is 4.27. The molecule has 1 heterocycles. The first-order valence-corrected chi connectivity index (χ1v) is 4.41. The number of terminal acetylenes is 1. The quantitative estimate of drug-likeness (QED) is 0.583. The fraction of sp³-hybridized carbons (Fsp3) is 0.700. The number of hydrogen-bond donors (Lipinski definition) is 0. The van der Waals surface area contributed by atoms with Crippen LogP contribution in [0.5, 0.6) is 0 Å². The van der Waals surface area contributed by atoms with Crippen LogP contribution in [0.4, 0.5) is 0 Å². The standard InChI is InChI=1S/C10H15NO/c1-3-6-11-7-4-5-10(11)8-9(2)12/h1,10H,4-8H2,2H3. The van der Waals surface area contributed by atoms with Gasteiger partial charge in [-0.2, -0.15) is 0 Å². The Kier molecular flexibility index (Phi) is 3.31. The molecule has 12 heavy (non-hydrogen) atoms. The predicted molar refractivity (Wildman–Crippen MR) is 48.7 cm³/mol. The summed E-state index contributed by atoms with van der Waals surface area (Å²) in [5.41, 5.74) is 0. The average molecular weight is 165 g/mol. The summed E-state index contributed by atoms with van der Waals surface area (Å²) in [6.45, 7) is 3.40. The number of ketones is 1. The molecule has 0 aliphatic carbocycles. The summed E-state index contributed by atoms with van der Waals surface area (Å²) in [6, 6.07) is 0.415. The summed E-state index contributed by atoms with van der Waals surface area (Å²) in [7, 11) is 0. The third kappa shape index (κ3) is 2.35. The number of hydrogen-bond acceptors (Lipinski definition) is 2. The fourth-order valence-electron chi connectivity index (χ4n) is 1.78. The minimum atomic E-state index is 0.268. The van der Waals surface area contributed by atoms with Crippen LogP contribution in [0.3, 0.4) is 0 Å². The monoisotopic (exact) mass is 165 g/mol. The van der Waals surface area contributed by atoms with Gasteiger partial charge in [-0.25, -0.2) is 0 Å². The maximum Gasteiger partial charge on any atom is 0.131 e. The molecule has 1 aliphatic heterocycles. The third-order valence-electron chi connectivity index (χ3n) is 2.32. The lowest BCUT2D eigenvalue weighted by atomic mass is 10.1. The predicted octanol–water partition coefficient (Wildman–Crippen LogP) is 1.06. The molecular formula is C10H15NO. The largest absolute Gasteiger partial charge is 0.300 e. The summed E-state index contributed by atoms with van der Waals surface area (Å²) < 4.78 is 0. The summed E-state index contributed by atoms with van der Waals surface area (Å²) in [5.74, 6) is 2.90. The van der Waals surface area contributed by atoms with Gasteiger partial charge < -0.3 is 0 Å². The minimum Gasteiger partial charge on any atom is -0.300 e. The van der Waals surface area contributed by atoms with E-state index < -0.39 is 0 Å². The molecule has 0 radical (unpaired) electrons. The lowest BCUT2D eigenvalue weighted by Gasteiger charge is -2.20. The Morgan fingerprint density at radius 1 is 1.75 bits per heavy atom. The molecule has 0 amide bonds. The molecular weight excluding hydrogens is 150 g/mol. The molecule has 2 heteroatoms. The summed E-state index contributed by atoms with van der Waals surface area (Å²) in [5, 5.41) is 0. The highest BCUT2D eigenvalue weighted by atomic mass is 16.1. The summed E-state index contributed by atoms with van der Waals surface area (Å²) in [4.78, 5) is 13.1. The maximum atomic E-state index is 10.9. The topological polar surface area (TPSA) is 20.3 Å². The summed E-state index contributed by atoms with van der Waals surface area (Å²) in [6.07, 6.45) is 8.20. The number of likely N-dealkylation sites (tertiary alicyclic amines) is 1. The molecule has 1 aliphatic rings. The van der Waals surface area contributed by atoms with Gasteiger partial charge in [-0.3, -0.25) is 9.69 Å². The zero-order chi connectivity index (χ0) is 8.97. The highest BCUT2D eigenvalue weighted by Crippen LogP contribution is 2.19. The molecule has 0 saturated carbocycles. The highest BCUT2D eigenvalue weighted by Gasteiger charge is 2.24. The van der Waals surface area contributed by atoms with Gasteiger partial charge >= 0.3 is 0 Å². The van der Waals surface area contributed by atoms with Crippen molar-refractivity contribution < 1.29 is 4.79 Å². The van der Waals surface area contributed by atoms with E-state index in [0.717, 1.165) is 13.0 Å². The molecule has 0 aromatic rings. The van der Waals surface area contributed by atoms with Gasteiger partial charge in [0, 0.05) is 12.5 Å². The van der Waals surface area contributed by atoms with E-state index in [9.17, 15) is 4.79 Å². The Morgan fingerprint density at radius 2 is 2.50 bits per heavy atom. The molecule has 0 spiro atoms. The smallest absolute Gasteiger partial charge is 0.131 e. The van der Waals surface area contributed by atoms with Crippen molar-refractivity contribution in [2.24, 2.45) is 0 Å². The number of Topliss-reactive ketones (excluding diaryl/α,β-unsaturated/α-hetero) is 1. The van der Waals surface area contributed by atoms with Gasteiger partial charge in [-0.1, -0.05) is 5.92 Å². The molecule has 2 nitrogen and oxygen atoms in total. The van der Waals surface area contributed by atoms with Gasteiger partial charge in [0.25, 0.3) is 0 Å². The van der Waals surface area contributed by atoms with E-state index in [4.69, 9.17) is 6.42 Å². The number of rotatable bonds is 3. The van der Waals surface area contributed by atoms with Crippen LogP contribution in [-0.2, 0) is 4.79 Å². The van der Waals surface area contributed by atoms with Crippen LogP contribution in [0.2, 0.25) is 0 Å². The number of carbonyl (C=O) groups excluding carboxylic acids is 1. The first-order chi connectivity index (χ1) is 5.74. The third-order valence-corrected chi connectivity index (χ3v) is 2.32. The Labute approximate surface area is 73.9 Å².